The third kappa shape index (κ3) is 2.05. The van der Waals surface area contributed by atoms with Crippen molar-refractivity contribution in [1.82, 2.24) is 0 Å². The van der Waals surface area contributed by atoms with Crippen LogP contribution in [0.1, 0.15) is 32.1 Å². The van der Waals surface area contributed by atoms with Crippen molar-refractivity contribution in [2.45, 2.75) is 50.5 Å². The first-order valence-corrected chi connectivity index (χ1v) is 4.77. The van der Waals surface area contributed by atoms with E-state index >= 15 is 0 Å². The van der Waals surface area contributed by atoms with Crippen molar-refractivity contribution in [3.8, 4) is 0 Å². The fraction of sp³-hybridized carbons (Fsp3) is 1.00. The van der Waals surface area contributed by atoms with E-state index in [4.69, 9.17) is 20.0 Å². The van der Waals surface area contributed by atoms with Gasteiger partial charge in [0.25, 0.3) is 0 Å². The van der Waals surface area contributed by atoms with Crippen molar-refractivity contribution in [1.29, 1.82) is 0 Å². The second kappa shape index (κ2) is 4.09. The second-order valence-electron chi connectivity index (χ2n) is 3.61. The molecule has 0 amide bonds. The lowest BCUT2D eigenvalue weighted by molar-refractivity contribution is -0.499. The van der Waals surface area contributed by atoms with Gasteiger partial charge in [0.15, 0.2) is 0 Å². The number of aliphatic hydroxyl groups excluding tert-OH is 2. The minimum atomic E-state index is -1.53. The van der Waals surface area contributed by atoms with Crippen molar-refractivity contribution >= 4 is 0 Å². The molecule has 2 aliphatic rings. The fourth-order valence-corrected chi connectivity index (χ4v) is 1.64. The second-order valence-corrected chi connectivity index (χ2v) is 3.61. The maximum atomic E-state index is 9.07. The van der Waals surface area contributed by atoms with Gasteiger partial charge in [-0.25, -0.2) is 0 Å². The molecule has 0 aromatic heterocycles. The molecule has 1 aliphatic carbocycles. The highest BCUT2D eigenvalue weighted by molar-refractivity contribution is 4.73. The van der Waals surface area contributed by atoms with Gasteiger partial charge in [-0.1, -0.05) is 6.42 Å². The highest BCUT2D eigenvalue weighted by Crippen LogP contribution is 2.35. The Bertz CT molecular complexity index is 176. The van der Waals surface area contributed by atoms with Crippen LogP contribution in [0.25, 0.3) is 0 Å². The zero-order valence-electron chi connectivity index (χ0n) is 7.72. The Labute approximate surface area is 81.2 Å². The van der Waals surface area contributed by atoms with Gasteiger partial charge >= 0.3 is 0 Å². The third-order valence-corrected chi connectivity index (χ3v) is 2.46. The summed E-state index contributed by atoms with van der Waals surface area (Å²) in [5.41, 5.74) is 0. The van der Waals surface area contributed by atoms with Crippen LogP contribution in [-0.4, -0.2) is 28.6 Å². The van der Waals surface area contributed by atoms with Crippen LogP contribution in [0.15, 0.2) is 0 Å². The molecule has 6 heteroatoms. The monoisotopic (exact) mass is 206 g/mol. The fourth-order valence-electron chi connectivity index (χ4n) is 1.64. The van der Waals surface area contributed by atoms with E-state index in [1.807, 2.05) is 0 Å². The SMILES string of the molecule is O[C@@H]1OOC2(CCCCC2)OO[C@H]1O. The van der Waals surface area contributed by atoms with E-state index in [0.29, 0.717) is 12.8 Å². The molecule has 82 valence electrons. The Kier molecular flexibility index (Phi) is 3.01. The number of hydrogen-bond acceptors (Lipinski definition) is 6. The molecule has 2 N–H and O–H groups in total. The van der Waals surface area contributed by atoms with E-state index in [2.05, 4.69) is 9.78 Å². The Morgan fingerprint density at radius 1 is 0.857 bits per heavy atom. The van der Waals surface area contributed by atoms with Crippen molar-refractivity contribution < 1.29 is 29.8 Å². The molecule has 6 nitrogen and oxygen atoms in total. The van der Waals surface area contributed by atoms with Crippen molar-refractivity contribution in [3.05, 3.63) is 0 Å². The molecular formula is C8H14O6. The normalized spacial score (nSPS) is 38.1. The highest BCUT2D eigenvalue weighted by Gasteiger charge is 2.42. The predicted octanol–water partition coefficient (Wildman–Crippen LogP) is 0.194. The maximum absolute atomic E-state index is 9.07. The zero-order valence-corrected chi connectivity index (χ0v) is 7.72. The molecule has 2 fully saturated rings. The van der Waals surface area contributed by atoms with Gasteiger partial charge < -0.3 is 10.2 Å². The third-order valence-electron chi connectivity index (χ3n) is 2.46. The van der Waals surface area contributed by atoms with Crippen LogP contribution in [0.3, 0.4) is 0 Å². The number of aliphatic hydroxyl groups is 2. The molecule has 0 radical (unpaired) electrons. The highest BCUT2D eigenvalue weighted by atomic mass is 17.3. The predicted molar refractivity (Wildman–Crippen MR) is 42.2 cm³/mol. The Hall–Kier alpha value is -0.240. The summed E-state index contributed by atoms with van der Waals surface area (Å²) in [5, 5.41) is 18.1. The summed E-state index contributed by atoms with van der Waals surface area (Å²) in [7, 11) is 0. The molecule has 2 atom stereocenters. The van der Waals surface area contributed by atoms with Gasteiger partial charge in [0.2, 0.25) is 18.4 Å². The Morgan fingerprint density at radius 3 is 1.86 bits per heavy atom. The molecule has 0 unspecified atom stereocenters. The van der Waals surface area contributed by atoms with Crippen molar-refractivity contribution in [3.63, 3.8) is 0 Å². The summed E-state index contributed by atoms with van der Waals surface area (Å²) < 4.78 is 0. The first kappa shape index (κ1) is 10.3. The number of hydrogen-bond donors (Lipinski definition) is 2. The van der Waals surface area contributed by atoms with Gasteiger partial charge in [-0.2, -0.15) is 19.6 Å². The van der Waals surface area contributed by atoms with Crippen molar-refractivity contribution in [2.24, 2.45) is 0 Å². The molecule has 1 saturated heterocycles. The average Bonchev–Trinajstić information content (AvgIpc) is 2.35. The quantitative estimate of drug-likeness (QED) is 0.551. The molecule has 1 aliphatic heterocycles. The van der Waals surface area contributed by atoms with Gasteiger partial charge in [-0.05, 0) is 12.8 Å². The molecule has 0 bridgehead atoms. The molecule has 14 heavy (non-hydrogen) atoms. The largest absolute Gasteiger partial charge is 0.362 e. The summed E-state index contributed by atoms with van der Waals surface area (Å²) in [4.78, 5) is 19.0. The first-order valence-electron chi connectivity index (χ1n) is 4.77. The summed E-state index contributed by atoms with van der Waals surface area (Å²) in [5.74, 6) is -0.962. The van der Waals surface area contributed by atoms with Gasteiger partial charge in [-0.15, -0.1) is 0 Å². The van der Waals surface area contributed by atoms with E-state index in [1.54, 1.807) is 0 Å². The minimum Gasteiger partial charge on any atom is -0.362 e. The Balaban J connectivity index is 1.99. The van der Waals surface area contributed by atoms with E-state index < -0.39 is 18.4 Å². The summed E-state index contributed by atoms with van der Waals surface area (Å²) >= 11 is 0. The Morgan fingerprint density at radius 2 is 1.36 bits per heavy atom. The lowest BCUT2D eigenvalue weighted by atomic mass is 9.94. The van der Waals surface area contributed by atoms with Crippen LogP contribution in [0.4, 0.5) is 0 Å². The van der Waals surface area contributed by atoms with Gasteiger partial charge in [0, 0.05) is 12.8 Å². The summed E-state index contributed by atoms with van der Waals surface area (Å²) in [6.07, 6.45) is 1.20. The van der Waals surface area contributed by atoms with E-state index in [1.165, 1.54) is 0 Å². The van der Waals surface area contributed by atoms with Gasteiger partial charge in [-0.3, -0.25) is 0 Å². The van der Waals surface area contributed by atoms with Crippen LogP contribution in [0.5, 0.6) is 0 Å². The van der Waals surface area contributed by atoms with Gasteiger partial charge in [0.1, 0.15) is 0 Å². The van der Waals surface area contributed by atoms with Crippen LogP contribution in [0.2, 0.25) is 0 Å². The van der Waals surface area contributed by atoms with E-state index in [0.717, 1.165) is 19.3 Å². The summed E-state index contributed by atoms with van der Waals surface area (Å²) in [6, 6.07) is 0. The first-order chi connectivity index (χ1) is 6.72. The van der Waals surface area contributed by atoms with E-state index in [-0.39, 0.29) is 0 Å². The van der Waals surface area contributed by atoms with Crippen molar-refractivity contribution in [2.75, 3.05) is 0 Å². The van der Waals surface area contributed by atoms with Crippen LogP contribution in [0, 0.1) is 0 Å². The summed E-state index contributed by atoms with van der Waals surface area (Å²) in [6.45, 7) is 0. The minimum absolute atomic E-state index is 0.631. The van der Waals surface area contributed by atoms with Crippen LogP contribution < -0.4 is 0 Å². The lowest BCUT2D eigenvalue weighted by Crippen LogP contribution is -2.37. The van der Waals surface area contributed by atoms with Crippen LogP contribution in [-0.2, 0) is 19.6 Å². The van der Waals surface area contributed by atoms with E-state index in [9.17, 15) is 0 Å². The molecule has 1 spiro atoms. The number of rotatable bonds is 0. The lowest BCUT2D eigenvalue weighted by Gasteiger charge is -2.31. The zero-order chi connectivity index (χ0) is 10.0. The van der Waals surface area contributed by atoms with Gasteiger partial charge in [0.05, 0.1) is 0 Å². The molecular weight excluding hydrogens is 192 g/mol. The smallest absolute Gasteiger partial charge is 0.243 e. The molecule has 0 aromatic rings. The molecule has 1 heterocycles. The van der Waals surface area contributed by atoms with Crippen LogP contribution >= 0.6 is 0 Å². The molecule has 1 saturated carbocycles. The topological polar surface area (TPSA) is 77.4 Å². The molecule has 0 aromatic carbocycles. The standard InChI is InChI=1S/C8H14O6/c9-6-7(10)12-14-8(13-11-6)4-2-1-3-5-8/h6-7,9-10H,1-5H2/t6-,7-/m1/s1. The molecule has 2 rings (SSSR count). The maximum Gasteiger partial charge on any atom is 0.243 e. The average molecular weight is 206 g/mol.